The Bertz CT molecular complexity index is 333. The van der Waals surface area contributed by atoms with Crippen LogP contribution in [0.1, 0.15) is 26.3 Å². The van der Waals surface area contributed by atoms with Crippen molar-refractivity contribution in [1.82, 2.24) is 0 Å². The Morgan fingerprint density at radius 2 is 1.88 bits per heavy atom. The highest BCUT2D eigenvalue weighted by molar-refractivity contribution is 5.75. The first-order valence-electron chi connectivity index (χ1n) is 5.97. The summed E-state index contributed by atoms with van der Waals surface area (Å²) in [7, 11) is 0. The molecule has 1 atom stereocenters. The molecule has 0 bridgehead atoms. The molecule has 0 spiro atoms. The third-order valence-electron chi connectivity index (χ3n) is 2.41. The molecule has 94 valence electrons. The van der Waals surface area contributed by atoms with Crippen molar-refractivity contribution in [2.45, 2.75) is 33.5 Å². The number of hydrogen-bond acceptors (Lipinski definition) is 3. The molecule has 0 saturated carbocycles. The second-order valence-electron chi connectivity index (χ2n) is 4.21. The zero-order valence-corrected chi connectivity index (χ0v) is 10.7. The van der Waals surface area contributed by atoms with Gasteiger partial charge in [-0.25, -0.2) is 4.79 Å². The number of carbonyl (C=O) groups excluding carboxylic acids is 1. The topological polar surface area (TPSA) is 35.5 Å². The maximum Gasteiger partial charge on any atom is 0.335 e. The lowest BCUT2D eigenvalue weighted by Crippen LogP contribution is -2.31. The van der Waals surface area contributed by atoms with Gasteiger partial charge in [0.05, 0.1) is 0 Å². The second-order valence-corrected chi connectivity index (χ2v) is 4.21. The SMILES string of the molecule is CCOC(C(=O)OCc1ccccc1)C(C)C. The number of hydrogen-bond donors (Lipinski definition) is 0. The average Bonchev–Trinajstić information content (AvgIpc) is 2.34. The third kappa shape index (κ3) is 4.57. The molecule has 1 aromatic carbocycles. The van der Waals surface area contributed by atoms with Crippen LogP contribution in [-0.2, 0) is 20.9 Å². The Kier molecular flexibility index (Phi) is 5.70. The van der Waals surface area contributed by atoms with E-state index in [1.54, 1.807) is 0 Å². The third-order valence-corrected chi connectivity index (χ3v) is 2.41. The summed E-state index contributed by atoms with van der Waals surface area (Å²) in [6.45, 7) is 6.59. The van der Waals surface area contributed by atoms with Crippen molar-refractivity contribution in [2.75, 3.05) is 6.61 Å². The van der Waals surface area contributed by atoms with E-state index in [1.165, 1.54) is 0 Å². The fourth-order valence-corrected chi connectivity index (χ4v) is 1.52. The normalized spacial score (nSPS) is 12.5. The van der Waals surface area contributed by atoms with Crippen LogP contribution in [0.5, 0.6) is 0 Å². The predicted molar refractivity (Wildman–Crippen MR) is 66.5 cm³/mol. The van der Waals surface area contributed by atoms with Crippen molar-refractivity contribution >= 4 is 5.97 Å². The molecular weight excluding hydrogens is 216 g/mol. The average molecular weight is 236 g/mol. The molecule has 0 N–H and O–H groups in total. The van der Waals surface area contributed by atoms with Crippen LogP contribution in [0.25, 0.3) is 0 Å². The van der Waals surface area contributed by atoms with Gasteiger partial charge in [-0.1, -0.05) is 44.2 Å². The van der Waals surface area contributed by atoms with Gasteiger partial charge in [0, 0.05) is 6.61 Å². The molecule has 0 aromatic heterocycles. The first-order chi connectivity index (χ1) is 8.15. The molecule has 0 aliphatic rings. The summed E-state index contributed by atoms with van der Waals surface area (Å²) < 4.78 is 10.6. The fourth-order valence-electron chi connectivity index (χ4n) is 1.52. The Hall–Kier alpha value is -1.35. The van der Waals surface area contributed by atoms with E-state index >= 15 is 0 Å². The highest BCUT2D eigenvalue weighted by atomic mass is 16.6. The Labute approximate surface area is 103 Å². The van der Waals surface area contributed by atoms with Gasteiger partial charge >= 0.3 is 5.97 Å². The van der Waals surface area contributed by atoms with Crippen molar-refractivity contribution in [3.8, 4) is 0 Å². The number of ether oxygens (including phenoxy) is 2. The van der Waals surface area contributed by atoms with Gasteiger partial charge in [-0.3, -0.25) is 0 Å². The van der Waals surface area contributed by atoms with Crippen LogP contribution >= 0.6 is 0 Å². The van der Waals surface area contributed by atoms with E-state index < -0.39 is 6.10 Å². The van der Waals surface area contributed by atoms with Gasteiger partial charge in [-0.15, -0.1) is 0 Å². The molecule has 1 rings (SSSR count). The van der Waals surface area contributed by atoms with Crippen molar-refractivity contribution in [2.24, 2.45) is 5.92 Å². The van der Waals surface area contributed by atoms with Crippen molar-refractivity contribution in [1.29, 1.82) is 0 Å². The van der Waals surface area contributed by atoms with E-state index in [9.17, 15) is 4.79 Å². The quantitative estimate of drug-likeness (QED) is 0.712. The van der Waals surface area contributed by atoms with Crippen molar-refractivity contribution in [3.63, 3.8) is 0 Å². The first kappa shape index (κ1) is 13.7. The van der Waals surface area contributed by atoms with E-state index in [2.05, 4.69) is 0 Å². The minimum atomic E-state index is -0.469. The van der Waals surface area contributed by atoms with Crippen LogP contribution in [-0.4, -0.2) is 18.7 Å². The summed E-state index contributed by atoms with van der Waals surface area (Å²) in [5.41, 5.74) is 0.986. The highest BCUT2D eigenvalue weighted by Gasteiger charge is 2.23. The molecule has 1 aromatic rings. The van der Waals surface area contributed by atoms with Gasteiger partial charge in [0.2, 0.25) is 0 Å². The summed E-state index contributed by atoms with van der Waals surface area (Å²) in [5, 5.41) is 0. The smallest absolute Gasteiger partial charge is 0.335 e. The molecule has 1 unspecified atom stereocenters. The van der Waals surface area contributed by atoms with Crippen molar-refractivity contribution in [3.05, 3.63) is 35.9 Å². The predicted octanol–water partition coefficient (Wildman–Crippen LogP) is 2.79. The molecule has 3 heteroatoms. The Morgan fingerprint density at radius 3 is 2.41 bits per heavy atom. The molecule has 0 saturated heterocycles. The molecule has 0 radical (unpaired) electrons. The van der Waals surface area contributed by atoms with Gasteiger partial charge in [0.25, 0.3) is 0 Å². The highest BCUT2D eigenvalue weighted by Crippen LogP contribution is 2.10. The second kappa shape index (κ2) is 7.07. The molecule has 17 heavy (non-hydrogen) atoms. The Morgan fingerprint density at radius 1 is 1.24 bits per heavy atom. The van der Waals surface area contributed by atoms with Crippen molar-refractivity contribution < 1.29 is 14.3 Å². The standard InChI is InChI=1S/C14H20O3/c1-4-16-13(11(2)3)14(15)17-10-12-8-6-5-7-9-12/h5-9,11,13H,4,10H2,1-3H3. The number of esters is 1. The number of carbonyl (C=O) groups is 1. The largest absolute Gasteiger partial charge is 0.459 e. The molecule has 0 aliphatic heterocycles. The lowest BCUT2D eigenvalue weighted by molar-refractivity contribution is -0.161. The molecular formula is C14H20O3. The van der Waals surface area contributed by atoms with Crippen LogP contribution in [0.2, 0.25) is 0 Å². The van der Waals surface area contributed by atoms with Crippen LogP contribution in [0.4, 0.5) is 0 Å². The maximum atomic E-state index is 11.8. The minimum Gasteiger partial charge on any atom is -0.459 e. The van der Waals surface area contributed by atoms with Gasteiger partial charge in [-0.05, 0) is 18.4 Å². The van der Waals surface area contributed by atoms with E-state index in [0.29, 0.717) is 13.2 Å². The van der Waals surface area contributed by atoms with Crippen LogP contribution in [0.3, 0.4) is 0 Å². The van der Waals surface area contributed by atoms with Crippen LogP contribution in [0.15, 0.2) is 30.3 Å². The molecule has 0 heterocycles. The minimum absolute atomic E-state index is 0.123. The first-order valence-corrected chi connectivity index (χ1v) is 5.97. The Balaban J connectivity index is 2.47. The van der Waals surface area contributed by atoms with E-state index in [-0.39, 0.29) is 11.9 Å². The molecule has 3 nitrogen and oxygen atoms in total. The molecule has 0 amide bonds. The summed E-state index contributed by atoms with van der Waals surface area (Å²) in [6.07, 6.45) is -0.469. The van der Waals surface area contributed by atoms with E-state index in [0.717, 1.165) is 5.56 Å². The fraction of sp³-hybridized carbons (Fsp3) is 0.500. The van der Waals surface area contributed by atoms with Gasteiger partial charge in [-0.2, -0.15) is 0 Å². The molecule has 0 fully saturated rings. The van der Waals surface area contributed by atoms with Gasteiger partial charge in [0.1, 0.15) is 6.61 Å². The summed E-state index contributed by atoms with van der Waals surface area (Å²) in [4.78, 5) is 11.8. The number of rotatable bonds is 6. The summed E-state index contributed by atoms with van der Waals surface area (Å²) >= 11 is 0. The zero-order chi connectivity index (χ0) is 12.7. The zero-order valence-electron chi connectivity index (χ0n) is 10.7. The monoisotopic (exact) mass is 236 g/mol. The summed E-state index contributed by atoms with van der Waals surface area (Å²) in [5.74, 6) is -0.163. The number of benzene rings is 1. The van der Waals surface area contributed by atoms with Gasteiger partial charge < -0.3 is 9.47 Å². The van der Waals surface area contributed by atoms with E-state index in [1.807, 2.05) is 51.1 Å². The van der Waals surface area contributed by atoms with Gasteiger partial charge in [0.15, 0.2) is 6.10 Å². The van der Waals surface area contributed by atoms with Crippen LogP contribution < -0.4 is 0 Å². The van der Waals surface area contributed by atoms with E-state index in [4.69, 9.17) is 9.47 Å². The molecule has 0 aliphatic carbocycles. The lowest BCUT2D eigenvalue weighted by Gasteiger charge is -2.19. The van der Waals surface area contributed by atoms with Crippen LogP contribution in [0, 0.1) is 5.92 Å². The maximum absolute atomic E-state index is 11.8. The summed E-state index contributed by atoms with van der Waals surface area (Å²) in [6, 6.07) is 9.64. The lowest BCUT2D eigenvalue weighted by atomic mass is 10.1.